The van der Waals surface area contributed by atoms with Crippen molar-refractivity contribution in [3.8, 4) is 0 Å². The molecule has 90 valence electrons. The third kappa shape index (κ3) is 2.09. The molecule has 1 heterocycles. The second-order valence-corrected chi connectivity index (χ2v) is 3.43. The Kier molecular flexibility index (Phi) is 3.30. The summed E-state index contributed by atoms with van der Waals surface area (Å²) in [4.78, 5) is 16.9. The Hall–Kier alpha value is -2.01. The summed E-state index contributed by atoms with van der Waals surface area (Å²) in [5.41, 5.74) is 1.22. The van der Waals surface area contributed by atoms with Crippen LogP contribution >= 0.6 is 0 Å². The Labute approximate surface area is 98.1 Å². The molecule has 0 atom stereocenters. The molecular formula is C12H13NO4. The number of para-hydroxylation sites is 1. The van der Waals surface area contributed by atoms with Crippen molar-refractivity contribution in [2.75, 3.05) is 20.3 Å². The van der Waals surface area contributed by atoms with E-state index in [1.807, 2.05) is 24.3 Å². The van der Waals surface area contributed by atoms with Crippen molar-refractivity contribution in [1.29, 1.82) is 0 Å². The van der Waals surface area contributed by atoms with Gasteiger partial charge in [0.2, 0.25) is 0 Å². The van der Waals surface area contributed by atoms with Crippen LogP contribution in [0.5, 0.6) is 0 Å². The first-order valence-electron chi connectivity index (χ1n) is 5.20. The summed E-state index contributed by atoms with van der Waals surface area (Å²) >= 11 is 0. The molecule has 0 bridgehead atoms. The summed E-state index contributed by atoms with van der Waals surface area (Å²) in [5, 5.41) is 9.38. The van der Waals surface area contributed by atoms with Crippen molar-refractivity contribution in [1.82, 2.24) is 4.73 Å². The first-order valence-corrected chi connectivity index (χ1v) is 5.20. The molecule has 0 saturated carbocycles. The number of benzene rings is 1. The van der Waals surface area contributed by atoms with Crippen molar-refractivity contribution < 1.29 is 19.5 Å². The lowest BCUT2D eigenvalue weighted by Crippen LogP contribution is -2.09. The minimum absolute atomic E-state index is 0.00861. The van der Waals surface area contributed by atoms with Crippen molar-refractivity contribution in [2.45, 2.75) is 0 Å². The highest BCUT2D eigenvalue weighted by atomic mass is 16.6. The summed E-state index contributed by atoms with van der Waals surface area (Å²) < 4.78 is 6.39. The van der Waals surface area contributed by atoms with Crippen LogP contribution in [0.1, 0.15) is 10.4 Å². The van der Waals surface area contributed by atoms with E-state index in [-0.39, 0.29) is 13.2 Å². The van der Waals surface area contributed by atoms with Gasteiger partial charge in [-0.25, -0.2) is 4.79 Å². The number of fused-ring (bicyclic) bond motifs is 1. The van der Waals surface area contributed by atoms with Crippen molar-refractivity contribution >= 4 is 16.9 Å². The Morgan fingerprint density at radius 1 is 1.41 bits per heavy atom. The van der Waals surface area contributed by atoms with E-state index in [1.165, 1.54) is 11.8 Å². The molecule has 0 saturated heterocycles. The van der Waals surface area contributed by atoms with Gasteiger partial charge < -0.3 is 14.7 Å². The van der Waals surface area contributed by atoms with Gasteiger partial charge in [0.1, 0.15) is 13.7 Å². The van der Waals surface area contributed by atoms with Gasteiger partial charge >= 0.3 is 5.97 Å². The van der Waals surface area contributed by atoms with Crippen LogP contribution in [-0.2, 0) is 4.74 Å². The lowest BCUT2D eigenvalue weighted by Gasteiger charge is -2.00. The minimum Gasteiger partial charge on any atom is -0.460 e. The lowest BCUT2D eigenvalue weighted by atomic mass is 10.2. The molecule has 0 fully saturated rings. The standard InChI is InChI=1S/C12H13NO4/c1-16-13-8-10(12(15)17-7-6-14)9-4-2-3-5-11(9)13/h2-5,8,14H,6-7H2,1H3. The average Bonchev–Trinajstić information content (AvgIpc) is 2.75. The van der Waals surface area contributed by atoms with Gasteiger partial charge in [0.05, 0.1) is 23.9 Å². The Morgan fingerprint density at radius 2 is 2.18 bits per heavy atom. The molecule has 2 aromatic rings. The SMILES string of the molecule is COn1cc(C(=O)OCCO)c2ccccc21. The smallest absolute Gasteiger partial charge is 0.340 e. The van der Waals surface area contributed by atoms with Crippen LogP contribution in [0, 0.1) is 0 Å². The van der Waals surface area contributed by atoms with Gasteiger partial charge in [-0.05, 0) is 6.07 Å². The zero-order valence-electron chi connectivity index (χ0n) is 9.42. The van der Waals surface area contributed by atoms with E-state index < -0.39 is 5.97 Å². The molecule has 0 aliphatic rings. The van der Waals surface area contributed by atoms with E-state index in [0.717, 1.165) is 10.9 Å². The summed E-state index contributed by atoms with van der Waals surface area (Å²) in [6.45, 7) is -0.194. The average molecular weight is 235 g/mol. The number of hydrogen-bond donors (Lipinski definition) is 1. The molecule has 0 unspecified atom stereocenters. The fourth-order valence-corrected chi connectivity index (χ4v) is 1.68. The van der Waals surface area contributed by atoms with Gasteiger partial charge in [-0.3, -0.25) is 0 Å². The maximum Gasteiger partial charge on any atom is 0.340 e. The van der Waals surface area contributed by atoms with Crippen molar-refractivity contribution in [3.63, 3.8) is 0 Å². The van der Waals surface area contributed by atoms with Crippen LogP contribution in [0.15, 0.2) is 30.5 Å². The predicted octanol–water partition coefficient (Wildman–Crippen LogP) is 0.849. The van der Waals surface area contributed by atoms with Gasteiger partial charge in [0.25, 0.3) is 0 Å². The molecule has 5 nitrogen and oxygen atoms in total. The van der Waals surface area contributed by atoms with Gasteiger partial charge in [0, 0.05) is 5.39 Å². The summed E-state index contributed by atoms with van der Waals surface area (Å²) in [6, 6.07) is 7.37. The molecule has 0 aliphatic heterocycles. The molecule has 0 spiro atoms. The first kappa shape index (κ1) is 11.5. The number of rotatable bonds is 4. The Balaban J connectivity index is 2.43. The number of hydrogen-bond acceptors (Lipinski definition) is 4. The normalized spacial score (nSPS) is 10.5. The van der Waals surface area contributed by atoms with Crippen molar-refractivity contribution in [3.05, 3.63) is 36.0 Å². The second-order valence-electron chi connectivity index (χ2n) is 3.43. The molecule has 1 N–H and O–H groups in total. The van der Waals surface area contributed by atoms with Gasteiger partial charge in [-0.1, -0.05) is 18.2 Å². The summed E-state index contributed by atoms with van der Waals surface area (Å²) in [5.74, 6) is -0.467. The van der Waals surface area contributed by atoms with E-state index >= 15 is 0 Å². The highest BCUT2D eigenvalue weighted by molar-refractivity contribution is 6.04. The van der Waals surface area contributed by atoms with Gasteiger partial charge in [-0.15, -0.1) is 0 Å². The number of carbonyl (C=O) groups is 1. The van der Waals surface area contributed by atoms with E-state index in [9.17, 15) is 4.79 Å². The number of esters is 1. The van der Waals surface area contributed by atoms with Crippen LogP contribution < -0.4 is 4.84 Å². The molecule has 5 heteroatoms. The topological polar surface area (TPSA) is 60.7 Å². The maximum atomic E-state index is 11.7. The lowest BCUT2D eigenvalue weighted by molar-refractivity contribution is 0.0434. The molecule has 2 rings (SSSR count). The maximum absolute atomic E-state index is 11.7. The molecule has 0 aliphatic carbocycles. The molecular weight excluding hydrogens is 222 g/mol. The quantitative estimate of drug-likeness (QED) is 0.798. The zero-order valence-corrected chi connectivity index (χ0v) is 9.42. The predicted molar refractivity (Wildman–Crippen MR) is 61.8 cm³/mol. The Bertz CT molecular complexity index is 532. The fourth-order valence-electron chi connectivity index (χ4n) is 1.68. The minimum atomic E-state index is -0.467. The van der Waals surface area contributed by atoms with E-state index in [0.29, 0.717) is 5.56 Å². The highest BCUT2D eigenvalue weighted by Crippen LogP contribution is 2.20. The third-order valence-electron chi connectivity index (χ3n) is 2.42. The van der Waals surface area contributed by atoms with Crippen LogP contribution in [0.4, 0.5) is 0 Å². The molecule has 0 amide bonds. The van der Waals surface area contributed by atoms with Crippen LogP contribution in [-0.4, -0.2) is 36.1 Å². The summed E-state index contributed by atoms with van der Waals surface area (Å²) in [6.07, 6.45) is 1.57. The Morgan fingerprint density at radius 3 is 2.88 bits per heavy atom. The highest BCUT2D eigenvalue weighted by Gasteiger charge is 2.16. The largest absolute Gasteiger partial charge is 0.460 e. The van der Waals surface area contributed by atoms with Crippen molar-refractivity contribution in [2.24, 2.45) is 0 Å². The van der Waals surface area contributed by atoms with Crippen LogP contribution in [0.3, 0.4) is 0 Å². The second kappa shape index (κ2) is 4.88. The molecule has 1 aromatic heterocycles. The fraction of sp³-hybridized carbons (Fsp3) is 0.250. The molecule has 17 heavy (non-hydrogen) atoms. The van der Waals surface area contributed by atoms with E-state index in [2.05, 4.69) is 0 Å². The molecule has 1 aromatic carbocycles. The number of aromatic nitrogens is 1. The third-order valence-corrected chi connectivity index (χ3v) is 2.42. The monoisotopic (exact) mass is 235 g/mol. The first-order chi connectivity index (χ1) is 8.27. The zero-order chi connectivity index (χ0) is 12.3. The van der Waals surface area contributed by atoms with Gasteiger partial charge in [0.15, 0.2) is 0 Å². The molecule has 0 radical (unpaired) electrons. The van der Waals surface area contributed by atoms with Crippen LogP contribution in [0.25, 0.3) is 10.9 Å². The van der Waals surface area contributed by atoms with Gasteiger partial charge in [-0.2, -0.15) is 4.73 Å². The van der Waals surface area contributed by atoms with E-state index in [1.54, 1.807) is 6.20 Å². The number of aliphatic hydroxyl groups is 1. The summed E-state index contributed by atoms with van der Waals surface area (Å²) in [7, 11) is 1.52. The van der Waals surface area contributed by atoms with E-state index in [4.69, 9.17) is 14.7 Å². The number of aliphatic hydroxyl groups excluding tert-OH is 1. The number of ether oxygens (including phenoxy) is 1. The number of carbonyl (C=O) groups excluding carboxylic acids is 1. The van der Waals surface area contributed by atoms with Crippen LogP contribution in [0.2, 0.25) is 0 Å². The number of nitrogens with zero attached hydrogens (tertiary/aromatic N) is 1.